The minimum absolute atomic E-state index is 0.000741. The molecule has 1 aromatic rings. The van der Waals surface area contributed by atoms with E-state index in [1.54, 1.807) is 11.9 Å². The molecule has 0 spiro atoms. The molecule has 0 radical (unpaired) electrons. The maximum absolute atomic E-state index is 12.3. The zero-order chi connectivity index (χ0) is 14.0. The van der Waals surface area contributed by atoms with Gasteiger partial charge in [-0.25, -0.2) is 0 Å². The van der Waals surface area contributed by atoms with E-state index in [0.717, 1.165) is 5.56 Å². The van der Waals surface area contributed by atoms with E-state index < -0.39 is 0 Å². The summed E-state index contributed by atoms with van der Waals surface area (Å²) in [4.78, 5) is 25.1. The summed E-state index contributed by atoms with van der Waals surface area (Å²) in [6, 6.07) is 7.41. The molecule has 2 amide bonds. The summed E-state index contributed by atoms with van der Waals surface area (Å²) in [5, 5.41) is 3.36. The highest BCUT2D eigenvalue weighted by Gasteiger charge is 2.31. The molecule has 19 heavy (non-hydrogen) atoms. The Morgan fingerprint density at radius 1 is 1.42 bits per heavy atom. The second-order valence-corrected chi connectivity index (χ2v) is 5.32. The van der Waals surface area contributed by atoms with E-state index in [0.29, 0.717) is 11.6 Å². The molecular weight excluding hydrogens is 264 g/mol. The molecule has 4 nitrogen and oxygen atoms in total. The van der Waals surface area contributed by atoms with Crippen LogP contribution in [-0.4, -0.2) is 30.3 Å². The number of nitrogens with one attached hydrogen (secondary N) is 1. The average Bonchev–Trinajstić information content (AvgIpc) is 2.84. The van der Waals surface area contributed by atoms with Crippen molar-refractivity contribution in [3.05, 3.63) is 34.9 Å². The highest BCUT2D eigenvalue weighted by molar-refractivity contribution is 6.30. The Labute approximate surface area is 117 Å². The first-order valence-corrected chi connectivity index (χ1v) is 6.65. The number of hydrogen-bond donors (Lipinski definition) is 1. The van der Waals surface area contributed by atoms with Gasteiger partial charge in [-0.1, -0.05) is 23.7 Å². The van der Waals surface area contributed by atoms with Crippen molar-refractivity contribution >= 4 is 23.4 Å². The quantitative estimate of drug-likeness (QED) is 0.921. The van der Waals surface area contributed by atoms with Crippen LogP contribution in [-0.2, 0) is 9.59 Å². The van der Waals surface area contributed by atoms with Crippen LogP contribution >= 0.6 is 11.6 Å². The van der Waals surface area contributed by atoms with Gasteiger partial charge in [0.2, 0.25) is 11.8 Å². The molecule has 0 aromatic heterocycles. The zero-order valence-electron chi connectivity index (χ0n) is 11.0. The molecule has 1 aliphatic rings. The van der Waals surface area contributed by atoms with Crippen LogP contribution in [0.4, 0.5) is 0 Å². The minimum Gasteiger partial charge on any atom is -0.355 e. The maximum Gasteiger partial charge on any atom is 0.228 e. The number of amides is 2. The molecule has 2 atom stereocenters. The van der Waals surface area contributed by atoms with Gasteiger partial charge in [0.25, 0.3) is 0 Å². The van der Waals surface area contributed by atoms with Gasteiger partial charge in [0, 0.05) is 25.0 Å². The van der Waals surface area contributed by atoms with Crippen molar-refractivity contribution in [2.24, 2.45) is 5.92 Å². The van der Waals surface area contributed by atoms with E-state index >= 15 is 0 Å². The first-order chi connectivity index (χ1) is 8.99. The molecule has 1 aromatic carbocycles. The van der Waals surface area contributed by atoms with Crippen LogP contribution in [0, 0.1) is 5.92 Å². The summed E-state index contributed by atoms with van der Waals surface area (Å²) >= 11 is 5.85. The number of carbonyl (C=O) groups excluding carboxylic acids is 2. The number of halogens is 1. The largest absolute Gasteiger partial charge is 0.355 e. The molecule has 1 heterocycles. The average molecular weight is 281 g/mol. The second kappa shape index (κ2) is 5.61. The van der Waals surface area contributed by atoms with Crippen molar-refractivity contribution in [2.45, 2.75) is 19.4 Å². The number of nitrogens with zero attached hydrogens (tertiary/aromatic N) is 1. The van der Waals surface area contributed by atoms with Gasteiger partial charge in [0.05, 0.1) is 12.0 Å². The Bertz CT molecular complexity index is 487. The lowest BCUT2D eigenvalue weighted by Gasteiger charge is -2.27. The molecule has 0 bridgehead atoms. The predicted molar refractivity (Wildman–Crippen MR) is 73.8 cm³/mol. The Balaban J connectivity index is 2.06. The third-order valence-corrected chi connectivity index (χ3v) is 3.86. The van der Waals surface area contributed by atoms with E-state index in [4.69, 9.17) is 11.6 Å². The van der Waals surface area contributed by atoms with Gasteiger partial charge in [-0.3, -0.25) is 9.59 Å². The highest BCUT2D eigenvalue weighted by atomic mass is 35.5. The summed E-state index contributed by atoms with van der Waals surface area (Å²) in [5.41, 5.74) is 1.03. The van der Waals surface area contributed by atoms with Crippen LogP contribution in [0.25, 0.3) is 0 Å². The fraction of sp³-hybridized carbons (Fsp3) is 0.429. The van der Waals surface area contributed by atoms with Gasteiger partial charge in [0.1, 0.15) is 0 Å². The topological polar surface area (TPSA) is 49.4 Å². The molecule has 1 saturated heterocycles. The van der Waals surface area contributed by atoms with Gasteiger partial charge >= 0.3 is 0 Å². The Hall–Kier alpha value is -1.55. The van der Waals surface area contributed by atoms with Crippen LogP contribution in [0.3, 0.4) is 0 Å². The molecule has 1 N–H and O–H groups in total. The first kappa shape index (κ1) is 13.9. The molecular formula is C14H17ClN2O2. The SMILES string of the molecule is CC(c1ccc(Cl)cc1)N(C)C(=O)C1CNC(=O)C1. The summed E-state index contributed by atoms with van der Waals surface area (Å²) < 4.78 is 0. The lowest BCUT2D eigenvalue weighted by atomic mass is 10.0. The van der Waals surface area contributed by atoms with E-state index in [1.165, 1.54) is 0 Å². The normalized spacial score (nSPS) is 19.9. The molecule has 102 valence electrons. The smallest absolute Gasteiger partial charge is 0.228 e. The van der Waals surface area contributed by atoms with Crippen LogP contribution in [0.15, 0.2) is 24.3 Å². The monoisotopic (exact) mass is 280 g/mol. The van der Waals surface area contributed by atoms with Gasteiger partial charge in [-0.15, -0.1) is 0 Å². The summed E-state index contributed by atoms with van der Waals surface area (Å²) in [5.74, 6) is -0.293. The summed E-state index contributed by atoms with van der Waals surface area (Å²) in [6.45, 7) is 2.40. The van der Waals surface area contributed by atoms with Crippen molar-refractivity contribution in [3.63, 3.8) is 0 Å². The van der Waals surface area contributed by atoms with Gasteiger partial charge in [-0.2, -0.15) is 0 Å². The van der Waals surface area contributed by atoms with Crippen molar-refractivity contribution in [3.8, 4) is 0 Å². The Morgan fingerprint density at radius 2 is 2.05 bits per heavy atom. The van der Waals surface area contributed by atoms with Gasteiger partial charge in [0.15, 0.2) is 0 Å². The molecule has 1 aliphatic heterocycles. The summed E-state index contributed by atoms with van der Waals surface area (Å²) in [6.07, 6.45) is 0.288. The minimum atomic E-state index is -0.243. The van der Waals surface area contributed by atoms with Gasteiger partial charge < -0.3 is 10.2 Å². The van der Waals surface area contributed by atoms with E-state index in [9.17, 15) is 9.59 Å². The number of hydrogen-bond acceptors (Lipinski definition) is 2. The number of rotatable bonds is 3. The molecule has 2 unspecified atom stereocenters. The van der Waals surface area contributed by atoms with E-state index in [-0.39, 0.29) is 30.2 Å². The fourth-order valence-corrected chi connectivity index (χ4v) is 2.35. The van der Waals surface area contributed by atoms with Crippen LogP contribution in [0.1, 0.15) is 24.9 Å². The number of carbonyl (C=O) groups is 2. The highest BCUT2D eigenvalue weighted by Crippen LogP contribution is 2.23. The van der Waals surface area contributed by atoms with Crippen LogP contribution in [0.5, 0.6) is 0 Å². The predicted octanol–water partition coefficient (Wildman–Crippen LogP) is 2.00. The van der Waals surface area contributed by atoms with Gasteiger partial charge in [-0.05, 0) is 24.6 Å². The fourth-order valence-electron chi connectivity index (χ4n) is 2.22. The lowest BCUT2D eigenvalue weighted by molar-refractivity contribution is -0.136. The van der Waals surface area contributed by atoms with E-state index in [2.05, 4.69) is 5.32 Å². The maximum atomic E-state index is 12.3. The van der Waals surface area contributed by atoms with Crippen LogP contribution in [0.2, 0.25) is 5.02 Å². The van der Waals surface area contributed by atoms with Crippen LogP contribution < -0.4 is 5.32 Å². The summed E-state index contributed by atoms with van der Waals surface area (Å²) in [7, 11) is 1.77. The third kappa shape index (κ3) is 3.07. The first-order valence-electron chi connectivity index (χ1n) is 6.28. The van der Waals surface area contributed by atoms with Crippen molar-refractivity contribution in [1.82, 2.24) is 10.2 Å². The number of benzene rings is 1. The van der Waals surface area contributed by atoms with E-state index in [1.807, 2.05) is 31.2 Å². The lowest BCUT2D eigenvalue weighted by Crippen LogP contribution is -2.35. The van der Waals surface area contributed by atoms with Crippen molar-refractivity contribution in [1.29, 1.82) is 0 Å². The molecule has 1 fully saturated rings. The van der Waals surface area contributed by atoms with Crippen molar-refractivity contribution in [2.75, 3.05) is 13.6 Å². The molecule has 2 rings (SSSR count). The Morgan fingerprint density at radius 3 is 2.58 bits per heavy atom. The second-order valence-electron chi connectivity index (χ2n) is 4.88. The molecule has 0 saturated carbocycles. The third-order valence-electron chi connectivity index (χ3n) is 3.61. The standard InChI is InChI=1S/C14H17ClN2O2/c1-9(10-3-5-12(15)6-4-10)17(2)14(19)11-7-13(18)16-8-11/h3-6,9,11H,7-8H2,1-2H3,(H,16,18). The molecule has 0 aliphatic carbocycles. The Kier molecular flexibility index (Phi) is 4.10. The zero-order valence-corrected chi connectivity index (χ0v) is 11.8. The molecule has 5 heteroatoms. The van der Waals surface area contributed by atoms with Crippen molar-refractivity contribution < 1.29 is 9.59 Å².